The minimum atomic E-state index is -3.50. The van der Waals surface area contributed by atoms with E-state index < -0.39 is 10.0 Å². The third-order valence-electron chi connectivity index (χ3n) is 3.83. The summed E-state index contributed by atoms with van der Waals surface area (Å²) in [6, 6.07) is 5.77. The van der Waals surface area contributed by atoms with Crippen LogP contribution in [0.3, 0.4) is 0 Å². The van der Waals surface area contributed by atoms with Crippen molar-refractivity contribution in [1.29, 1.82) is 0 Å². The zero-order valence-electron chi connectivity index (χ0n) is 12.9. The molecule has 1 aromatic heterocycles. The average Bonchev–Trinajstić information content (AvgIpc) is 3.12. The smallest absolute Gasteiger partial charge is 0.258 e. The predicted octanol–water partition coefficient (Wildman–Crippen LogP) is 1.67. The monoisotopic (exact) mass is 335 g/mol. The highest BCUT2D eigenvalue weighted by atomic mass is 32.2. The molecule has 0 atom stereocenters. The third kappa shape index (κ3) is 2.87. The Hall–Kier alpha value is -2.19. The van der Waals surface area contributed by atoms with Crippen molar-refractivity contribution in [2.75, 3.05) is 19.4 Å². The fourth-order valence-electron chi connectivity index (χ4n) is 2.49. The molecule has 0 fully saturated rings. The van der Waals surface area contributed by atoms with Gasteiger partial charge in [0.05, 0.1) is 10.6 Å². The molecule has 23 heavy (non-hydrogen) atoms. The van der Waals surface area contributed by atoms with Crippen LogP contribution in [0.25, 0.3) is 0 Å². The quantitative estimate of drug-likeness (QED) is 0.917. The summed E-state index contributed by atoms with van der Waals surface area (Å²) in [5, 5.41) is 6.63. The van der Waals surface area contributed by atoms with Gasteiger partial charge in [0.25, 0.3) is 5.91 Å². The zero-order valence-corrected chi connectivity index (χ0v) is 13.7. The van der Waals surface area contributed by atoms with E-state index in [1.165, 1.54) is 38.4 Å². The second-order valence-corrected chi connectivity index (χ2v) is 7.71. The van der Waals surface area contributed by atoms with Crippen LogP contribution in [-0.4, -0.2) is 37.9 Å². The van der Waals surface area contributed by atoms with Gasteiger partial charge in [-0.25, -0.2) is 12.7 Å². The normalized spacial score (nSPS) is 14.0. The molecule has 1 aromatic carbocycles. The lowest BCUT2D eigenvalue weighted by Gasteiger charge is -2.11. The van der Waals surface area contributed by atoms with Crippen molar-refractivity contribution >= 4 is 21.8 Å². The van der Waals surface area contributed by atoms with E-state index in [1.807, 2.05) is 0 Å². The van der Waals surface area contributed by atoms with Gasteiger partial charge in [0.2, 0.25) is 15.9 Å². The second kappa shape index (κ2) is 5.78. The van der Waals surface area contributed by atoms with Crippen molar-refractivity contribution in [1.82, 2.24) is 9.46 Å². The first-order chi connectivity index (χ1) is 10.9. The van der Waals surface area contributed by atoms with Crippen LogP contribution in [0.2, 0.25) is 0 Å². The fraction of sp³-hybridized carbons (Fsp3) is 0.333. The molecule has 1 amide bonds. The lowest BCUT2D eigenvalue weighted by atomic mass is 10.2. The predicted molar refractivity (Wildman–Crippen MR) is 83.8 cm³/mol. The number of rotatable bonds is 4. The van der Waals surface area contributed by atoms with Crippen molar-refractivity contribution in [3.05, 3.63) is 41.1 Å². The fourth-order valence-corrected chi connectivity index (χ4v) is 3.39. The first-order valence-electron chi connectivity index (χ1n) is 7.21. The highest BCUT2D eigenvalue weighted by Gasteiger charge is 2.23. The first kappa shape index (κ1) is 15.7. The third-order valence-corrected chi connectivity index (χ3v) is 5.66. The molecule has 0 saturated heterocycles. The van der Waals surface area contributed by atoms with E-state index in [0.717, 1.165) is 34.8 Å². The molecular weight excluding hydrogens is 318 g/mol. The molecule has 0 unspecified atom stereocenters. The van der Waals surface area contributed by atoms with E-state index in [-0.39, 0.29) is 10.8 Å². The Morgan fingerprint density at radius 2 is 1.91 bits per heavy atom. The number of hydrogen-bond donors (Lipinski definition) is 1. The molecule has 8 heteroatoms. The number of sulfonamides is 1. The first-order valence-corrected chi connectivity index (χ1v) is 8.65. The SMILES string of the molecule is CN(C)S(=O)(=O)c1ccc(C(=O)Nc2onc3c2CCC3)cc1. The Labute approximate surface area is 134 Å². The number of carbonyl (C=O) groups is 1. The number of nitrogens with one attached hydrogen (secondary N) is 1. The average molecular weight is 335 g/mol. The molecule has 1 aliphatic carbocycles. The van der Waals surface area contributed by atoms with Gasteiger partial charge in [-0.05, 0) is 43.5 Å². The molecule has 1 N–H and O–H groups in total. The van der Waals surface area contributed by atoms with Gasteiger partial charge < -0.3 is 4.52 Å². The van der Waals surface area contributed by atoms with Crippen LogP contribution in [0.4, 0.5) is 5.88 Å². The van der Waals surface area contributed by atoms with Crippen LogP contribution in [0.1, 0.15) is 28.0 Å². The number of hydrogen-bond acceptors (Lipinski definition) is 5. The Bertz CT molecular complexity index is 838. The molecule has 3 rings (SSSR count). The molecule has 0 spiro atoms. The Morgan fingerprint density at radius 3 is 2.57 bits per heavy atom. The van der Waals surface area contributed by atoms with Gasteiger partial charge >= 0.3 is 0 Å². The molecule has 0 bridgehead atoms. The second-order valence-electron chi connectivity index (χ2n) is 5.56. The largest absolute Gasteiger partial charge is 0.338 e. The molecule has 0 radical (unpaired) electrons. The summed E-state index contributed by atoms with van der Waals surface area (Å²) >= 11 is 0. The van der Waals surface area contributed by atoms with Crippen LogP contribution in [0.15, 0.2) is 33.7 Å². The van der Waals surface area contributed by atoms with Gasteiger partial charge in [0.1, 0.15) is 0 Å². The number of benzene rings is 1. The lowest BCUT2D eigenvalue weighted by molar-refractivity contribution is 0.102. The van der Waals surface area contributed by atoms with Crippen LogP contribution in [0.5, 0.6) is 0 Å². The summed E-state index contributed by atoms with van der Waals surface area (Å²) in [6.07, 6.45) is 2.72. The van der Waals surface area contributed by atoms with Gasteiger partial charge in [-0.1, -0.05) is 5.16 Å². The Morgan fingerprint density at radius 1 is 1.22 bits per heavy atom. The van der Waals surface area contributed by atoms with E-state index in [0.29, 0.717) is 11.4 Å². The number of nitrogens with zero attached hydrogens (tertiary/aromatic N) is 2. The minimum Gasteiger partial charge on any atom is -0.338 e. The van der Waals surface area contributed by atoms with E-state index in [4.69, 9.17) is 4.52 Å². The van der Waals surface area contributed by atoms with Crippen LogP contribution < -0.4 is 5.32 Å². The number of aromatic nitrogens is 1. The van der Waals surface area contributed by atoms with Gasteiger partial charge in [0, 0.05) is 25.2 Å². The molecule has 7 nitrogen and oxygen atoms in total. The summed E-state index contributed by atoms with van der Waals surface area (Å²) in [4.78, 5) is 12.4. The zero-order chi connectivity index (χ0) is 16.6. The molecule has 0 aliphatic heterocycles. The Balaban J connectivity index is 1.78. The van der Waals surface area contributed by atoms with Gasteiger partial charge in [0.15, 0.2) is 0 Å². The number of carbonyl (C=O) groups excluding carboxylic acids is 1. The molecule has 1 heterocycles. The summed E-state index contributed by atoms with van der Waals surface area (Å²) in [5.74, 6) is 0.0251. The molecular formula is C15H17N3O4S. The number of amides is 1. The number of aryl methyl sites for hydroxylation is 1. The van der Waals surface area contributed by atoms with E-state index in [2.05, 4.69) is 10.5 Å². The van der Waals surface area contributed by atoms with Gasteiger partial charge in [-0.15, -0.1) is 0 Å². The molecule has 0 saturated carbocycles. The number of fused-ring (bicyclic) bond motifs is 1. The minimum absolute atomic E-state index is 0.139. The molecule has 122 valence electrons. The van der Waals surface area contributed by atoms with Gasteiger partial charge in [-0.2, -0.15) is 0 Å². The van der Waals surface area contributed by atoms with E-state index >= 15 is 0 Å². The van der Waals surface area contributed by atoms with E-state index in [9.17, 15) is 13.2 Å². The standard InChI is InChI=1S/C15H17N3O4S/c1-18(2)23(20,21)11-8-6-10(7-9-11)14(19)16-15-12-4-3-5-13(12)17-22-15/h6-9H,3-5H2,1-2H3,(H,16,19). The van der Waals surface area contributed by atoms with Crippen LogP contribution in [0, 0.1) is 0 Å². The topological polar surface area (TPSA) is 92.5 Å². The summed E-state index contributed by atoms with van der Waals surface area (Å²) < 4.78 is 30.3. The highest BCUT2D eigenvalue weighted by molar-refractivity contribution is 7.89. The van der Waals surface area contributed by atoms with E-state index in [1.54, 1.807) is 0 Å². The van der Waals surface area contributed by atoms with Crippen molar-refractivity contribution in [2.24, 2.45) is 0 Å². The lowest BCUT2D eigenvalue weighted by Crippen LogP contribution is -2.22. The maximum absolute atomic E-state index is 12.2. The maximum atomic E-state index is 12.2. The summed E-state index contributed by atoms with van der Waals surface area (Å²) in [7, 11) is -0.587. The van der Waals surface area contributed by atoms with Crippen molar-refractivity contribution < 1.29 is 17.7 Å². The van der Waals surface area contributed by atoms with Gasteiger partial charge in [-0.3, -0.25) is 10.1 Å². The summed E-state index contributed by atoms with van der Waals surface area (Å²) in [6.45, 7) is 0. The molecule has 2 aromatic rings. The van der Waals surface area contributed by atoms with Crippen LogP contribution >= 0.6 is 0 Å². The Kier molecular flexibility index (Phi) is 3.95. The molecule has 1 aliphatic rings. The van der Waals surface area contributed by atoms with Crippen molar-refractivity contribution in [2.45, 2.75) is 24.2 Å². The summed E-state index contributed by atoms with van der Waals surface area (Å²) in [5.41, 5.74) is 2.20. The highest BCUT2D eigenvalue weighted by Crippen LogP contribution is 2.28. The van der Waals surface area contributed by atoms with Crippen molar-refractivity contribution in [3.63, 3.8) is 0 Å². The van der Waals surface area contributed by atoms with Crippen LogP contribution in [-0.2, 0) is 22.9 Å². The maximum Gasteiger partial charge on any atom is 0.258 e. The van der Waals surface area contributed by atoms with Crippen molar-refractivity contribution in [3.8, 4) is 0 Å². The number of anilines is 1.